The number of anilines is 1. The second-order valence-electron chi connectivity index (χ2n) is 5.23. The molecule has 1 aromatic carbocycles. The molecule has 1 rings (SSSR count). The van der Waals surface area contributed by atoms with E-state index in [1.165, 1.54) is 11.0 Å². The van der Waals surface area contributed by atoms with Crippen LogP contribution in [0, 0.1) is 5.82 Å². The third kappa shape index (κ3) is 4.82. The lowest BCUT2D eigenvalue weighted by molar-refractivity contribution is 0.0580. The molecular weight excluding hydrogens is 313 g/mol. The van der Waals surface area contributed by atoms with E-state index in [2.05, 4.69) is 15.9 Å². The minimum absolute atomic E-state index is 0.372. The fourth-order valence-electron chi connectivity index (χ4n) is 1.52. The summed E-state index contributed by atoms with van der Waals surface area (Å²) in [4.78, 5) is 13.6. The van der Waals surface area contributed by atoms with Crippen molar-refractivity contribution in [1.29, 1.82) is 0 Å². The molecule has 0 saturated heterocycles. The van der Waals surface area contributed by atoms with E-state index >= 15 is 0 Å². The van der Waals surface area contributed by atoms with Crippen molar-refractivity contribution in [2.45, 2.75) is 39.7 Å². The number of amides is 1. The largest absolute Gasteiger partial charge is 0.443 e. The summed E-state index contributed by atoms with van der Waals surface area (Å²) in [6.45, 7) is 7.84. The summed E-state index contributed by atoms with van der Waals surface area (Å²) < 4.78 is 19.3. The van der Waals surface area contributed by atoms with E-state index in [0.717, 1.165) is 6.42 Å². The lowest BCUT2D eigenvalue weighted by atomic mass is 10.2. The topological polar surface area (TPSA) is 29.5 Å². The summed E-state index contributed by atoms with van der Waals surface area (Å²) in [6.07, 6.45) is 0.299. The molecule has 0 aliphatic carbocycles. The van der Waals surface area contributed by atoms with Gasteiger partial charge in [0.2, 0.25) is 0 Å². The number of benzene rings is 1. The van der Waals surface area contributed by atoms with Gasteiger partial charge >= 0.3 is 6.09 Å². The third-order valence-corrected chi connectivity index (χ3v) is 2.92. The van der Waals surface area contributed by atoms with Crippen LogP contribution >= 0.6 is 15.9 Å². The number of hydrogen-bond acceptors (Lipinski definition) is 2. The first-order valence-corrected chi connectivity index (χ1v) is 6.99. The van der Waals surface area contributed by atoms with Gasteiger partial charge in [-0.1, -0.05) is 6.92 Å². The molecule has 0 aliphatic rings. The van der Waals surface area contributed by atoms with E-state index in [-0.39, 0.29) is 0 Å². The van der Waals surface area contributed by atoms with Gasteiger partial charge in [0, 0.05) is 6.54 Å². The van der Waals surface area contributed by atoms with Crippen LogP contribution in [0.15, 0.2) is 22.7 Å². The van der Waals surface area contributed by atoms with E-state index < -0.39 is 17.5 Å². The van der Waals surface area contributed by atoms with Crippen LogP contribution in [0.1, 0.15) is 34.1 Å². The lowest BCUT2D eigenvalue weighted by Crippen LogP contribution is -2.37. The van der Waals surface area contributed by atoms with Crippen molar-refractivity contribution in [2.24, 2.45) is 0 Å². The molecule has 0 radical (unpaired) electrons. The Kier molecular flexibility index (Phi) is 5.35. The first-order valence-electron chi connectivity index (χ1n) is 6.20. The Morgan fingerprint density at radius 3 is 2.53 bits per heavy atom. The summed E-state index contributed by atoms with van der Waals surface area (Å²) in [5.41, 5.74) is -0.0754. The molecule has 0 aliphatic heterocycles. The van der Waals surface area contributed by atoms with Crippen molar-refractivity contribution >= 4 is 27.7 Å². The minimum Gasteiger partial charge on any atom is -0.443 e. The molecule has 0 heterocycles. The Balaban J connectivity index is 2.99. The number of carbonyl (C=O) groups excluding carboxylic acids is 1. The SMILES string of the molecule is CCCN(C(=O)OC(C)(C)C)c1ccc(Br)c(F)c1. The monoisotopic (exact) mass is 331 g/mol. The Bertz CT molecular complexity index is 457. The Morgan fingerprint density at radius 2 is 2.05 bits per heavy atom. The lowest BCUT2D eigenvalue weighted by Gasteiger charge is -2.27. The van der Waals surface area contributed by atoms with Crippen molar-refractivity contribution in [1.82, 2.24) is 0 Å². The molecule has 0 N–H and O–H groups in total. The fourth-order valence-corrected chi connectivity index (χ4v) is 1.77. The predicted octanol–water partition coefficient (Wildman–Crippen LogP) is 4.74. The highest BCUT2D eigenvalue weighted by Crippen LogP contribution is 2.24. The molecule has 0 bridgehead atoms. The number of ether oxygens (including phenoxy) is 1. The van der Waals surface area contributed by atoms with Gasteiger partial charge in [-0.15, -0.1) is 0 Å². The van der Waals surface area contributed by atoms with E-state index in [4.69, 9.17) is 4.74 Å². The van der Waals surface area contributed by atoms with Gasteiger partial charge in [0.15, 0.2) is 0 Å². The van der Waals surface area contributed by atoms with Gasteiger partial charge in [0.05, 0.1) is 10.2 Å². The Labute approximate surface area is 121 Å². The van der Waals surface area contributed by atoms with Gasteiger partial charge < -0.3 is 4.74 Å². The molecule has 0 spiro atoms. The van der Waals surface area contributed by atoms with Crippen LogP contribution in [0.3, 0.4) is 0 Å². The average Bonchev–Trinajstić information content (AvgIpc) is 2.27. The Hall–Kier alpha value is -1.10. The Morgan fingerprint density at radius 1 is 1.42 bits per heavy atom. The first kappa shape index (κ1) is 16.0. The van der Waals surface area contributed by atoms with Crippen LogP contribution in [0.4, 0.5) is 14.9 Å². The average molecular weight is 332 g/mol. The van der Waals surface area contributed by atoms with Gasteiger partial charge in [-0.2, -0.15) is 0 Å². The molecule has 1 aromatic rings. The van der Waals surface area contributed by atoms with E-state index in [1.54, 1.807) is 32.9 Å². The van der Waals surface area contributed by atoms with Crippen LogP contribution in [0.2, 0.25) is 0 Å². The van der Waals surface area contributed by atoms with Crippen LogP contribution in [-0.2, 0) is 4.74 Å². The maximum Gasteiger partial charge on any atom is 0.414 e. The smallest absolute Gasteiger partial charge is 0.414 e. The fraction of sp³-hybridized carbons (Fsp3) is 0.500. The zero-order chi connectivity index (χ0) is 14.6. The summed E-state index contributed by atoms with van der Waals surface area (Å²) >= 11 is 3.09. The number of carbonyl (C=O) groups is 1. The predicted molar refractivity (Wildman–Crippen MR) is 78.0 cm³/mol. The summed E-state index contributed by atoms with van der Waals surface area (Å²) in [7, 11) is 0. The molecular formula is C14H19BrFNO2. The minimum atomic E-state index is -0.572. The summed E-state index contributed by atoms with van der Waals surface area (Å²) in [6, 6.07) is 4.59. The zero-order valence-electron chi connectivity index (χ0n) is 11.7. The molecule has 19 heavy (non-hydrogen) atoms. The van der Waals surface area contributed by atoms with Crippen molar-refractivity contribution in [3.63, 3.8) is 0 Å². The van der Waals surface area contributed by atoms with Crippen molar-refractivity contribution in [3.8, 4) is 0 Å². The number of rotatable bonds is 3. The van der Waals surface area contributed by atoms with Crippen molar-refractivity contribution in [2.75, 3.05) is 11.4 Å². The molecule has 0 aromatic heterocycles. The second kappa shape index (κ2) is 6.37. The van der Waals surface area contributed by atoms with E-state index in [0.29, 0.717) is 16.7 Å². The zero-order valence-corrected chi connectivity index (χ0v) is 13.3. The third-order valence-electron chi connectivity index (χ3n) is 2.28. The van der Waals surface area contributed by atoms with E-state index in [1.807, 2.05) is 6.92 Å². The molecule has 0 atom stereocenters. The molecule has 3 nitrogen and oxygen atoms in total. The number of hydrogen-bond donors (Lipinski definition) is 0. The normalized spacial score (nSPS) is 11.3. The number of halogens is 2. The van der Waals surface area contributed by atoms with E-state index in [9.17, 15) is 9.18 Å². The van der Waals surface area contributed by atoms with Gasteiger partial charge in [0.1, 0.15) is 11.4 Å². The molecule has 1 amide bonds. The molecule has 106 valence electrons. The van der Waals surface area contributed by atoms with Gasteiger partial charge in [0.25, 0.3) is 0 Å². The highest BCUT2D eigenvalue weighted by Gasteiger charge is 2.23. The summed E-state index contributed by atoms with van der Waals surface area (Å²) in [5, 5.41) is 0. The molecule has 5 heteroatoms. The maximum absolute atomic E-state index is 13.6. The van der Waals surface area contributed by atoms with Gasteiger partial charge in [-0.05, 0) is 61.3 Å². The highest BCUT2D eigenvalue weighted by atomic mass is 79.9. The number of nitrogens with zero attached hydrogens (tertiary/aromatic N) is 1. The maximum atomic E-state index is 13.6. The molecule has 0 saturated carbocycles. The van der Waals surface area contributed by atoms with Gasteiger partial charge in [-0.3, -0.25) is 4.90 Å². The van der Waals surface area contributed by atoms with Crippen molar-refractivity contribution < 1.29 is 13.9 Å². The molecule has 0 fully saturated rings. The van der Waals surface area contributed by atoms with Crippen LogP contribution in [0.5, 0.6) is 0 Å². The highest BCUT2D eigenvalue weighted by molar-refractivity contribution is 9.10. The first-order chi connectivity index (χ1) is 8.74. The van der Waals surface area contributed by atoms with Crippen LogP contribution < -0.4 is 4.90 Å². The second-order valence-corrected chi connectivity index (χ2v) is 6.08. The van der Waals surface area contributed by atoms with Gasteiger partial charge in [-0.25, -0.2) is 9.18 Å². The van der Waals surface area contributed by atoms with Crippen LogP contribution in [-0.4, -0.2) is 18.2 Å². The molecule has 0 unspecified atom stereocenters. The van der Waals surface area contributed by atoms with Crippen molar-refractivity contribution in [3.05, 3.63) is 28.5 Å². The summed E-state index contributed by atoms with van der Waals surface area (Å²) in [5.74, 6) is -0.401. The van der Waals surface area contributed by atoms with Crippen LogP contribution in [0.25, 0.3) is 0 Å². The standard InChI is InChI=1S/C14H19BrFNO2/c1-5-8-17(13(18)19-14(2,3)4)10-6-7-11(15)12(16)9-10/h6-7,9H,5,8H2,1-4H3. The quantitative estimate of drug-likeness (QED) is 0.800.